The van der Waals surface area contributed by atoms with Crippen LogP contribution in [0.2, 0.25) is 0 Å². The van der Waals surface area contributed by atoms with Crippen molar-refractivity contribution < 1.29 is 9.59 Å². The molecule has 3 aromatic rings. The van der Waals surface area contributed by atoms with Crippen molar-refractivity contribution in [3.63, 3.8) is 0 Å². The molecule has 1 unspecified atom stereocenters. The predicted molar refractivity (Wildman–Crippen MR) is 110 cm³/mol. The third-order valence-electron chi connectivity index (χ3n) is 4.85. The summed E-state index contributed by atoms with van der Waals surface area (Å²) in [7, 11) is 3.36. The normalized spacial score (nSPS) is 11.6. The summed E-state index contributed by atoms with van der Waals surface area (Å²) in [6.45, 7) is 2.36. The molecule has 29 heavy (non-hydrogen) atoms. The first kappa shape index (κ1) is 20.1. The molecule has 0 saturated heterocycles. The second-order valence-corrected chi connectivity index (χ2v) is 6.65. The van der Waals surface area contributed by atoms with Crippen LogP contribution in [0, 0.1) is 0 Å². The number of nitrogens with zero attached hydrogens (tertiary/aromatic N) is 4. The highest BCUT2D eigenvalue weighted by Crippen LogP contribution is 2.20. The number of carbonyl (C=O) groups excluding carboxylic acids is 2. The zero-order valence-corrected chi connectivity index (χ0v) is 16.7. The van der Waals surface area contributed by atoms with E-state index in [2.05, 4.69) is 20.7 Å². The van der Waals surface area contributed by atoms with Crippen LogP contribution in [-0.4, -0.2) is 45.7 Å². The van der Waals surface area contributed by atoms with Gasteiger partial charge in [0.05, 0.1) is 11.7 Å². The van der Waals surface area contributed by atoms with Gasteiger partial charge < -0.3 is 15.5 Å². The highest BCUT2D eigenvalue weighted by atomic mass is 16.2. The van der Waals surface area contributed by atoms with Crippen LogP contribution >= 0.6 is 0 Å². The Labute approximate surface area is 169 Å². The Morgan fingerprint density at radius 3 is 2.38 bits per heavy atom. The molecule has 8 nitrogen and oxygen atoms in total. The van der Waals surface area contributed by atoms with Crippen LogP contribution in [0.1, 0.15) is 34.5 Å². The maximum Gasteiger partial charge on any atom is 0.317 e. The highest BCUT2D eigenvalue weighted by molar-refractivity contribution is 5.93. The fourth-order valence-corrected chi connectivity index (χ4v) is 2.87. The van der Waals surface area contributed by atoms with Crippen molar-refractivity contribution in [3.8, 4) is 5.69 Å². The molecule has 1 heterocycles. The smallest absolute Gasteiger partial charge is 0.317 e. The molecule has 150 valence electrons. The van der Waals surface area contributed by atoms with E-state index in [1.807, 2.05) is 43.3 Å². The van der Waals surface area contributed by atoms with Crippen LogP contribution in [0.25, 0.3) is 5.69 Å². The number of rotatable bonds is 6. The first-order chi connectivity index (χ1) is 14.0. The Morgan fingerprint density at radius 1 is 1.10 bits per heavy atom. The lowest BCUT2D eigenvalue weighted by Crippen LogP contribution is -2.38. The van der Waals surface area contributed by atoms with Gasteiger partial charge in [-0.05, 0) is 42.3 Å². The van der Waals surface area contributed by atoms with Crippen LogP contribution in [-0.2, 0) is 6.54 Å². The molecule has 0 saturated carbocycles. The van der Waals surface area contributed by atoms with E-state index in [9.17, 15) is 9.59 Å². The monoisotopic (exact) mass is 392 g/mol. The summed E-state index contributed by atoms with van der Waals surface area (Å²) in [6, 6.07) is 14.7. The SMILES string of the molecule is CNC(=O)c1ccc(CNC(=O)N(C)C(C)c2ccc(-n3cncn3)cc2)cc1. The molecule has 1 aromatic heterocycles. The van der Waals surface area contributed by atoms with E-state index < -0.39 is 0 Å². The maximum atomic E-state index is 12.5. The van der Waals surface area contributed by atoms with Gasteiger partial charge in [0.2, 0.25) is 0 Å². The third kappa shape index (κ3) is 4.78. The van der Waals surface area contributed by atoms with Crippen molar-refractivity contribution in [2.75, 3.05) is 14.1 Å². The number of aromatic nitrogens is 3. The van der Waals surface area contributed by atoms with Crippen molar-refractivity contribution in [1.82, 2.24) is 30.3 Å². The number of urea groups is 1. The summed E-state index contributed by atoms with van der Waals surface area (Å²) in [6.07, 6.45) is 3.12. The topological polar surface area (TPSA) is 92.2 Å². The number of carbonyl (C=O) groups is 2. The van der Waals surface area contributed by atoms with Gasteiger partial charge in [0.1, 0.15) is 12.7 Å². The summed E-state index contributed by atoms with van der Waals surface area (Å²) in [5, 5.41) is 9.60. The van der Waals surface area contributed by atoms with Crippen molar-refractivity contribution in [2.45, 2.75) is 19.5 Å². The number of benzene rings is 2. The number of amides is 3. The Balaban J connectivity index is 1.57. The minimum atomic E-state index is -0.173. The number of nitrogens with one attached hydrogen (secondary N) is 2. The molecular weight excluding hydrogens is 368 g/mol. The zero-order chi connectivity index (χ0) is 20.8. The Morgan fingerprint density at radius 2 is 1.79 bits per heavy atom. The second kappa shape index (κ2) is 9.01. The Hall–Kier alpha value is -3.68. The summed E-state index contributed by atoms with van der Waals surface area (Å²) < 4.78 is 1.68. The van der Waals surface area contributed by atoms with Crippen LogP contribution in [0.15, 0.2) is 61.2 Å². The van der Waals surface area contributed by atoms with Gasteiger partial charge in [0.15, 0.2) is 0 Å². The quantitative estimate of drug-likeness (QED) is 0.674. The molecule has 3 amide bonds. The predicted octanol–water partition coefficient (Wildman–Crippen LogP) is 2.53. The molecule has 0 spiro atoms. The van der Waals surface area contributed by atoms with Gasteiger partial charge in [-0.15, -0.1) is 0 Å². The third-order valence-corrected chi connectivity index (χ3v) is 4.85. The molecule has 2 N–H and O–H groups in total. The van der Waals surface area contributed by atoms with E-state index in [1.54, 1.807) is 42.1 Å². The van der Waals surface area contributed by atoms with Crippen LogP contribution in [0.4, 0.5) is 4.79 Å². The van der Waals surface area contributed by atoms with Crippen molar-refractivity contribution in [2.24, 2.45) is 0 Å². The van der Waals surface area contributed by atoms with Gasteiger partial charge in [-0.3, -0.25) is 4.79 Å². The Bertz CT molecular complexity index is 952. The standard InChI is InChI=1S/C21H24N6O2/c1-15(17-8-10-19(11-9-17)27-14-23-13-25-27)26(3)21(29)24-12-16-4-6-18(7-5-16)20(28)22-2/h4-11,13-15H,12H2,1-3H3,(H,22,28)(H,24,29). The second-order valence-electron chi connectivity index (χ2n) is 6.65. The van der Waals surface area contributed by atoms with E-state index in [1.165, 1.54) is 6.33 Å². The first-order valence-corrected chi connectivity index (χ1v) is 9.26. The highest BCUT2D eigenvalue weighted by Gasteiger charge is 2.17. The van der Waals surface area contributed by atoms with Gasteiger partial charge in [0.25, 0.3) is 5.91 Å². The number of hydrogen-bond donors (Lipinski definition) is 2. The van der Waals surface area contributed by atoms with Crippen LogP contribution in [0.5, 0.6) is 0 Å². The van der Waals surface area contributed by atoms with E-state index in [0.717, 1.165) is 16.8 Å². The lowest BCUT2D eigenvalue weighted by Gasteiger charge is -2.26. The lowest BCUT2D eigenvalue weighted by molar-refractivity contribution is 0.0963. The van der Waals surface area contributed by atoms with Crippen molar-refractivity contribution in [1.29, 1.82) is 0 Å². The van der Waals surface area contributed by atoms with E-state index in [0.29, 0.717) is 12.1 Å². The molecule has 8 heteroatoms. The van der Waals surface area contributed by atoms with E-state index >= 15 is 0 Å². The van der Waals surface area contributed by atoms with E-state index in [-0.39, 0.29) is 18.0 Å². The van der Waals surface area contributed by atoms with Crippen LogP contribution < -0.4 is 10.6 Å². The van der Waals surface area contributed by atoms with Crippen LogP contribution in [0.3, 0.4) is 0 Å². The summed E-state index contributed by atoms with van der Waals surface area (Å²) >= 11 is 0. The minimum Gasteiger partial charge on any atom is -0.355 e. The zero-order valence-electron chi connectivity index (χ0n) is 16.7. The summed E-state index contributed by atoms with van der Waals surface area (Å²) in [4.78, 5) is 29.7. The van der Waals surface area contributed by atoms with Gasteiger partial charge >= 0.3 is 6.03 Å². The molecule has 0 aliphatic carbocycles. The lowest BCUT2D eigenvalue weighted by atomic mass is 10.1. The molecule has 2 aromatic carbocycles. The average molecular weight is 392 g/mol. The molecule has 3 rings (SSSR count). The molecular formula is C21H24N6O2. The largest absolute Gasteiger partial charge is 0.355 e. The van der Waals surface area contributed by atoms with Crippen molar-refractivity contribution >= 4 is 11.9 Å². The maximum absolute atomic E-state index is 12.5. The van der Waals surface area contributed by atoms with Crippen molar-refractivity contribution in [3.05, 3.63) is 77.9 Å². The fourth-order valence-electron chi connectivity index (χ4n) is 2.87. The summed E-state index contributed by atoms with van der Waals surface area (Å²) in [5.41, 5.74) is 3.43. The Kier molecular flexibility index (Phi) is 6.23. The molecule has 0 radical (unpaired) electrons. The summed E-state index contributed by atoms with van der Waals surface area (Å²) in [5.74, 6) is -0.135. The van der Waals surface area contributed by atoms with E-state index in [4.69, 9.17) is 0 Å². The minimum absolute atomic E-state index is 0.101. The molecule has 0 aliphatic rings. The average Bonchev–Trinajstić information content (AvgIpc) is 3.31. The molecule has 0 fully saturated rings. The first-order valence-electron chi connectivity index (χ1n) is 9.26. The number of hydrogen-bond acceptors (Lipinski definition) is 4. The van der Waals surface area contributed by atoms with Gasteiger partial charge in [-0.1, -0.05) is 24.3 Å². The molecule has 1 atom stereocenters. The van der Waals surface area contributed by atoms with Gasteiger partial charge in [-0.2, -0.15) is 5.10 Å². The molecule has 0 aliphatic heterocycles. The molecule has 0 bridgehead atoms. The van der Waals surface area contributed by atoms with Gasteiger partial charge in [-0.25, -0.2) is 14.5 Å². The van der Waals surface area contributed by atoms with Gasteiger partial charge in [0, 0.05) is 26.2 Å². The fraction of sp³-hybridized carbons (Fsp3) is 0.238.